The Kier molecular flexibility index (Phi) is 5.19. The monoisotopic (exact) mass is 279 g/mol. The molecule has 1 heterocycles. The lowest BCUT2D eigenvalue weighted by atomic mass is 9.89. The molecule has 4 atom stereocenters. The van der Waals surface area contributed by atoms with Crippen molar-refractivity contribution in [3.63, 3.8) is 0 Å². The van der Waals surface area contributed by atoms with Crippen molar-refractivity contribution >= 4 is 0 Å². The van der Waals surface area contributed by atoms with Crippen LogP contribution in [0.1, 0.15) is 76.9 Å². The molecule has 114 valence electrons. The lowest BCUT2D eigenvalue weighted by Gasteiger charge is -2.23. The fourth-order valence-corrected chi connectivity index (χ4v) is 3.48. The Balaban J connectivity index is 2.11. The van der Waals surface area contributed by atoms with Gasteiger partial charge in [-0.3, -0.25) is 0 Å². The number of likely N-dealkylation sites (N-methyl/N-ethyl adjacent to an activating group) is 1. The van der Waals surface area contributed by atoms with Gasteiger partial charge in [-0.2, -0.15) is 4.98 Å². The first-order valence-corrected chi connectivity index (χ1v) is 8.07. The summed E-state index contributed by atoms with van der Waals surface area (Å²) in [5.74, 6) is 3.86. The Bertz CT molecular complexity index is 416. The Morgan fingerprint density at radius 2 is 2.05 bits per heavy atom. The minimum Gasteiger partial charge on any atom is -0.339 e. The van der Waals surface area contributed by atoms with E-state index in [9.17, 15) is 0 Å². The molecule has 1 aromatic heterocycles. The highest BCUT2D eigenvalue weighted by Crippen LogP contribution is 2.39. The molecule has 0 saturated heterocycles. The van der Waals surface area contributed by atoms with Crippen LogP contribution in [0.5, 0.6) is 0 Å². The molecule has 1 saturated carbocycles. The Morgan fingerprint density at radius 3 is 2.60 bits per heavy atom. The van der Waals surface area contributed by atoms with Crippen molar-refractivity contribution in [2.24, 2.45) is 11.8 Å². The van der Waals surface area contributed by atoms with Crippen LogP contribution in [0.2, 0.25) is 0 Å². The number of nitrogens with one attached hydrogen (secondary N) is 1. The van der Waals surface area contributed by atoms with Crippen molar-refractivity contribution in [3.05, 3.63) is 11.7 Å². The van der Waals surface area contributed by atoms with Crippen LogP contribution >= 0.6 is 0 Å². The van der Waals surface area contributed by atoms with E-state index in [1.54, 1.807) is 0 Å². The van der Waals surface area contributed by atoms with Gasteiger partial charge in [-0.1, -0.05) is 32.3 Å². The van der Waals surface area contributed by atoms with E-state index in [4.69, 9.17) is 9.51 Å². The van der Waals surface area contributed by atoms with E-state index in [0.717, 1.165) is 17.6 Å². The van der Waals surface area contributed by atoms with Gasteiger partial charge in [0.25, 0.3) is 0 Å². The molecule has 1 aliphatic rings. The van der Waals surface area contributed by atoms with E-state index in [1.807, 2.05) is 7.05 Å². The van der Waals surface area contributed by atoms with E-state index in [-0.39, 0.29) is 5.92 Å². The van der Waals surface area contributed by atoms with Crippen molar-refractivity contribution < 1.29 is 4.52 Å². The normalized spacial score (nSPS) is 26.1. The Hall–Kier alpha value is -0.900. The number of hydrogen-bond acceptors (Lipinski definition) is 4. The molecule has 0 radical (unpaired) electrons. The van der Waals surface area contributed by atoms with Gasteiger partial charge in [0, 0.05) is 12.0 Å². The minimum absolute atomic E-state index is 0.282. The zero-order valence-corrected chi connectivity index (χ0v) is 13.5. The quantitative estimate of drug-likeness (QED) is 0.862. The zero-order valence-electron chi connectivity index (χ0n) is 13.5. The molecule has 4 nitrogen and oxygen atoms in total. The van der Waals surface area contributed by atoms with Crippen LogP contribution < -0.4 is 5.32 Å². The molecule has 0 bridgehead atoms. The maximum atomic E-state index is 5.59. The van der Waals surface area contributed by atoms with Gasteiger partial charge in [0.1, 0.15) is 0 Å². The summed E-state index contributed by atoms with van der Waals surface area (Å²) in [6.07, 6.45) is 5.02. The summed E-state index contributed by atoms with van der Waals surface area (Å²) < 4.78 is 5.59. The van der Waals surface area contributed by atoms with Crippen molar-refractivity contribution in [1.82, 2.24) is 15.5 Å². The van der Waals surface area contributed by atoms with Gasteiger partial charge in [-0.25, -0.2) is 0 Å². The second kappa shape index (κ2) is 6.70. The minimum atomic E-state index is 0.282. The van der Waals surface area contributed by atoms with Crippen LogP contribution in [-0.4, -0.2) is 23.2 Å². The van der Waals surface area contributed by atoms with E-state index in [1.165, 1.54) is 25.7 Å². The predicted octanol–water partition coefficient (Wildman–Crippen LogP) is 3.71. The van der Waals surface area contributed by atoms with Crippen LogP contribution in [0.3, 0.4) is 0 Å². The van der Waals surface area contributed by atoms with Crippen LogP contribution in [-0.2, 0) is 0 Å². The SMILES string of the molecule is CCC1CCC(c2noc(C(C(C)C)C(C)NC)n2)C1. The summed E-state index contributed by atoms with van der Waals surface area (Å²) in [7, 11) is 1.99. The lowest BCUT2D eigenvalue weighted by Crippen LogP contribution is -2.32. The highest BCUT2D eigenvalue weighted by atomic mass is 16.5. The fraction of sp³-hybridized carbons (Fsp3) is 0.875. The van der Waals surface area contributed by atoms with E-state index in [0.29, 0.717) is 17.9 Å². The first kappa shape index (κ1) is 15.5. The van der Waals surface area contributed by atoms with Gasteiger partial charge in [0.2, 0.25) is 5.89 Å². The van der Waals surface area contributed by atoms with Crippen molar-refractivity contribution in [2.75, 3.05) is 7.05 Å². The van der Waals surface area contributed by atoms with Gasteiger partial charge < -0.3 is 9.84 Å². The van der Waals surface area contributed by atoms with Crippen LogP contribution in [0, 0.1) is 11.8 Å². The van der Waals surface area contributed by atoms with Crippen molar-refractivity contribution in [2.45, 2.75) is 71.3 Å². The number of nitrogens with zero attached hydrogens (tertiary/aromatic N) is 2. The second-order valence-corrected chi connectivity index (χ2v) is 6.62. The topological polar surface area (TPSA) is 51.0 Å². The molecular formula is C16H29N3O. The molecule has 1 aromatic rings. The molecule has 2 rings (SSSR count). The maximum absolute atomic E-state index is 5.59. The van der Waals surface area contributed by atoms with Crippen molar-refractivity contribution in [3.8, 4) is 0 Å². The van der Waals surface area contributed by atoms with Gasteiger partial charge in [-0.15, -0.1) is 0 Å². The van der Waals surface area contributed by atoms with E-state index in [2.05, 4.69) is 38.2 Å². The van der Waals surface area contributed by atoms with Gasteiger partial charge in [0.05, 0.1) is 5.92 Å². The molecule has 0 amide bonds. The maximum Gasteiger partial charge on any atom is 0.231 e. The number of rotatable bonds is 6. The van der Waals surface area contributed by atoms with Gasteiger partial charge in [0.15, 0.2) is 5.82 Å². The van der Waals surface area contributed by atoms with E-state index >= 15 is 0 Å². The predicted molar refractivity (Wildman–Crippen MR) is 80.8 cm³/mol. The molecule has 1 N–H and O–H groups in total. The molecular weight excluding hydrogens is 250 g/mol. The zero-order chi connectivity index (χ0) is 14.7. The third kappa shape index (κ3) is 3.22. The third-order valence-electron chi connectivity index (χ3n) is 4.94. The standard InChI is InChI=1S/C16H29N3O/c1-6-12-7-8-13(9-12)15-18-16(20-19-15)14(10(2)3)11(4)17-5/h10-14,17H,6-9H2,1-5H3. The summed E-state index contributed by atoms with van der Waals surface area (Å²) in [4.78, 5) is 4.73. The third-order valence-corrected chi connectivity index (χ3v) is 4.94. The highest BCUT2D eigenvalue weighted by molar-refractivity contribution is 5.04. The first-order chi connectivity index (χ1) is 9.56. The second-order valence-electron chi connectivity index (χ2n) is 6.62. The summed E-state index contributed by atoms with van der Waals surface area (Å²) in [6, 6.07) is 0.343. The summed E-state index contributed by atoms with van der Waals surface area (Å²) >= 11 is 0. The first-order valence-electron chi connectivity index (χ1n) is 8.07. The molecule has 0 spiro atoms. The molecule has 4 unspecified atom stereocenters. The molecule has 20 heavy (non-hydrogen) atoms. The van der Waals surface area contributed by atoms with Crippen LogP contribution in [0.25, 0.3) is 0 Å². The smallest absolute Gasteiger partial charge is 0.231 e. The largest absolute Gasteiger partial charge is 0.339 e. The van der Waals surface area contributed by atoms with Crippen LogP contribution in [0.15, 0.2) is 4.52 Å². The summed E-state index contributed by atoms with van der Waals surface area (Å²) in [6.45, 7) is 8.88. The molecule has 1 aliphatic carbocycles. The lowest BCUT2D eigenvalue weighted by molar-refractivity contribution is 0.284. The molecule has 4 heteroatoms. The molecule has 1 fully saturated rings. The highest BCUT2D eigenvalue weighted by Gasteiger charge is 2.31. The van der Waals surface area contributed by atoms with Gasteiger partial charge >= 0.3 is 0 Å². The Labute approximate surface area is 122 Å². The summed E-state index contributed by atoms with van der Waals surface area (Å²) in [5.41, 5.74) is 0. The van der Waals surface area contributed by atoms with E-state index < -0.39 is 0 Å². The van der Waals surface area contributed by atoms with Gasteiger partial charge in [-0.05, 0) is 45.1 Å². The Morgan fingerprint density at radius 1 is 1.30 bits per heavy atom. The average Bonchev–Trinajstić information content (AvgIpc) is 3.06. The molecule has 0 aliphatic heterocycles. The van der Waals surface area contributed by atoms with Crippen molar-refractivity contribution in [1.29, 1.82) is 0 Å². The fourth-order valence-electron chi connectivity index (χ4n) is 3.48. The number of hydrogen-bond donors (Lipinski definition) is 1. The molecule has 0 aromatic carbocycles. The summed E-state index contributed by atoms with van der Waals surface area (Å²) in [5, 5.41) is 7.59. The average molecular weight is 279 g/mol. The number of aromatic nitrogens is 2. The van der Waals surface area contributed by atoms with Crippen LogP contribution in [0.4, 0.5) is 0 Å².